The van der Waals surface area contributed by atoms with E-state index in [4.69, 9.17) is 8.54 Å². The van der Waals surface area contributed by atoms with E-state index >= 15 is 0 Å². The van der Waals surface area contributed by atoms with Crippen molar-refractivity contribution in [2.75, 3.05) is 0 Å². The van der Waals surface area contributed by atoms with Crippen LogP contribution in [0.5, 0.6) is 0 Å². The Hall–Kier alpha value is 0.354. The van der Waals surface area contributed by atoms with Crippen molar-refractivity contribution in [1.82, 2.24) is 0 Å². The van der Waals surface area contributed by atoms with E-state index in [1.807, 2.05) is 0 Å². The van der Waals surface area contributed by atoms with Crippen LogP contribution >= 0.6 is 0 Å². The van der Waals surface area contributed by atoms with Gasteiger partial charge in [-0.1, -0.05) is 27.7 Å². The summed E-state index contributed by atoms with van der Waals surface area (Å²) in [4.78, 5) is 0. The lowest BCUT2D eigenvalue weighted by Gasteiger charge is -2.41. The van der Waals surface area contributed by atoms with Crippen LogP contribution in [0, 0.1) is 0 Å². The standard InChI is InChI=1S/C10H26O2Si2/c1-7-9(3)11-14(6,12-13)10(4,5)8-2/h9H,7-8H2,1-6,13H3. The Morgan fingerprint density at radius 1 is 1.36 bits per heavy atom. The van der Waals surface area contributed by atoms with Gasteiger partial charge in [-0.2, -0.15) is 0 Å². The fraction of sp³-hybridized carbons (Fsp3) is 1.00. The molecule has 0 aromatic rings. The predicted octanol–water partition coefficient (Wildman–Crippen LogP) is 2.36. The first-order valence-corrected chi connectivity index (χ1v) is 8.69. The number of hydrogen-bond acceptors (Lipinski definition) is 2. The van der Waals surface area contributed by atoms with Crippen molar-refractivity contribution >= 4 is 19.0 Å². The highest BCUT2D eigenvalue weighted by atomic mass is 28.4. The van der Waals surface area contributed by atoms with Gasteiger partial charge in [-0.05, 0) is 26.3 Å². The summed E-state index contributed by atoms with van der Waals surface area (Å²) in [6.07, 6.45) is 2.51. The lowest BCUT2D eigenvalue weighted by atomic mass is 10.1. The molecule has 2 unspecified atom stereocenters. The van der Waals surface area contributed by atoms with Crippen LogP contribution in [-0.4, -0.2) is 25.2 Å². The van der Waals surface area contributed by atoms with E-state index in [1.54, 1.807) is 0 Å². The van der Waals surface area contributed by atoms with Gasteiger partial charge < -0.3 is 8.54 Å². The molecule has 0 aliphatic carbocycles. The van der Waals surface area contributed by atoms with Crippen molar-refractivity contribution in [2.45, 2.75) is 65.1 Å². The first-order chi connectivity index (χ1) is 6.33. The SMILES string of the molecule is CCC(C)O[Si](C)(O[SiH3])C(C)(C)CC. The fourth-order valence-corrected chi connectivity index (χ4v) is 5.76. The van der Waals surface area contributed by atoms with Crippen molar-refractivity contribution in [3.8, 4) is 0 Å². The molecule has 0 aromatic carbocycles. The highest BCUT2D eigenvalue weighted by Gasteiger charge is 2.46. The highest BCUT2D eigenvalue weighted by molar-refractivity contribution is 6.71. The van der Waals surface area contributed by atoms with Crippen LogP contribution in [0.2, 0.25) is 11.6 Å². The van der Waals surface area contributed by atoms with Gasteiger partial charge >= 0.3 is 8.56 Å². The summed E-state index contributed by atoms with van der Waals surface area (Å²) in [7, 11) is -1.20. The van der Waals surface area contributed by atoms with Crippen molar-refractivity contribution < 1.29 is 8.54 Å². The quantitative estimate of drug-likeness (QED) is 0.657. The first kappa shape index (κ1) is 14.4. The lowest BCUT2D eigenvalue weighted by molar-refractivity contribution is 0.149. The Morgan fingerprint density at radius 3 is 2.14 bits per heavy atom. The average Bonchev–Trinajstić information content (AvgIpc) is 2.17. The summed E-state index contributed by atoms with van der Waals surface area (Å²) < 4.78 is 12.0. The van der Waals surface area contributed by atoms with E-state index in [-0.39, 0.29) is 5.04 Å². The second-order valence-electron chi connectivity index (χ2n) is 4.72. The largest absolute Gasteiger partial charge is 0.444 e. The maximum Gasteiger partial charge on any atom is 0.330 e. The molecule has 0 aliphatic rings. The minimum absolute atomic E-state index is 0.207. The molecular weight excluding hydrogens is 208 g/mol. The van der Waals surface area contributed by atoms with Crippen LogP contribution in [-0.2, 0) is 8.54 Å². The molecule has 2 nitrogen and oxygen atoms in total. The van der Waals surface area contributed by atoms with E-state index in [0.717, 1.165) is 23.3 Å². The molecular formula is C10H26O2Si2. The lowest BCUT2D eigenvalue weighted by Crippen LogP contribution is -2.49. The molecule has 0 heterocycles. The van der Waals surface area contributed by atoms with Crippen LogP contribution in [0.15, 0.2) is 0 Å². The van der Waals surface area contributed by atoms with Gasteiger partial charge in [-0.25, -0.2) is 0 Å². The molecule has 4 heteroatoms. The molecule has 0 spiro atoms. The van der Waals surface area contributed by atoms with Gasteiger partial charge in [0.25, 0.3) is 0 Å². The molecule has 0 N–H and O–H groups in total. The van der Waals surface area contributed by atoms with E-state index in [0.29, 0.717) is 6.10 Å². The molecule has 0 amide bonds. The minimum Gasteiger partial charge on any atom is -0.444 e. The molecule has 0 rings (SSSR count). The summed E-state index contributed by atoms with van der Waals surface area (Å²) in [6.45, 7) is 13.2. The van der Waals surface area contributed by atoms with Crippen LogP contribution in [0.4, 0.5) is 0 Å². The predicted molar refractivity (Wildman–Crippen MR) is 67.8 cm³/mol. The third-order valence-corrected chi connectivity index (χ3v) is 10.3. The third kappa shape index (κ3) is 3.19. The minimum atomic E-state index is -1.97. The first-order valence-electron chi connectivity index (χ1n) is 5.56. The third-order valence-electron chi connectivity index (χ3n) is 3.50. The van der Waals surface area contributed by atoms with E-state index in [9.17, 15) is 0 Å². The van der Waals surface area contributed by atoms with Gasteiger partial charge in [0.2, 0.25) is 0 Å². The Bertz CT molecular complexity index is 174. The molecule has 0 aromatic heterocycles. The van der Waals surface area contributed by atoms with Crippen molar-refractivity contribution in [3.63, 3.8) is 0 Å². The van der Waals surface area contributed by atoms with Crippen LogP contribution in [0.3, 0.4) is 0 Å². The second kappa shape index (κ2) is 5.44. The van der Waals surface area contributed by atoms with Gasteiger partial charge in [-0.3, -0.25) is 0 Å². The van der Waals surface area contributed by atoms with Crippen LogP contribution in [0.25, 0.3) is 0 Å². The van der Waals surface area contributed by atoms with Gasteiger partial charge in [0.05, 0.1) is 0 Å². The zero-order valence-corrected chi connectivity index (χ0v) is 13.8. The van der Waals surface area contributed by atoms with Gasteiger partial charge in [-0.15, -0.1) is 0 Å². The van der Waals surface area contributed by atoms with Crippen molar-refractivity contribution in [1.29, 1.82) is 0 Å². The van der Waals surface area contributed by atoms with Crippen molar-refractivity contribution in [3.05, 3.63) is 0 Å². The molecule has 14 heavy (non-hydrogen) atoms. The Labute approximate surface area is 93.2 Å². The smallest absolute Gasteiger partial charge is 0.330 e. The summed E-state index contributed by atoms with van der Waals surface area (Å²) in [5.41, 5.74) is 0. The molecule has 0 fully saturated rings. The maximum atomic E-state index is 6.14. The fourth-order valence-electron chi connectivity index (χ4n) is 1.27. The zero-order chi connectivity index (χ0) is 11.4. The van der Waals surface area contributed by atoms with Gasteiger partial charge in [0.1, 0.15) is 10.5 Å². The van der Waals surface area contributed by atoms with E-state index in [2.05, 4.69) is 41.2 Å². The molecule has 2 atom stereocenters. The van der Waals surface area contributed by atoms with Gasteiger partial charge in [0, 0.05) is 11.1 Å². The summed E-state index contributed by atoms with van der Waals surface area (Å²) in [5.74, 6) is 0. The van der Waals surface area contributed by atoms with Crippen molar-refractivity contribution in [2.24, 2.45) is 0 Å². The Morgan fingerprint density at radius 2 is 1.86 bits per heavy atom. The molecule has 86 valence electrons. The Balaban J connectivity index is 4.62. The maximum absolute atomic E-state index is 6.14. The molecule has 0 saturated heterocycles. The highest BCUT2D eigenvalue weighted by Crippen LogP contribution is 2.41. The normalized spacial score (nSPS) is 19.3. The van der Waals surface area contributed by atoms with Crippen LogP contribution in [0.1, 0.15) is 47.5 Å². The Kier molecular flexibility index (Phi) is 5.58. The summed E-state index contributed by atoms with van der Waals surface area (Å²) in [5, 5.41) is 0.207. The monoisotopic (exact) mass is 234 g/mol. The molecule has 0 bridgehead atoms. The number of rotatable bonds is 6. The van der Waals surface area contributed by atoms with Crippen LogP contribution < -0.4 is 0 Å². The van der Waals surface area contributed by atoms with Gasteiger partial charge in [0.15, 0.2) is 0 Å². The second-order valence-corrected chi connectivity index (χ2v) is 9.84. The molecule has 0 saturated carbocycles. The van der Waals surface area contributed by atoms with E-state index in [1.165, 1.54) is 0 Å². The van der Waals surface area contributed by atoms with E-state index < -0.39 is 8.56 Å². The molecule has 0 radical (unpaired) electrons. The topological polar surface area (TPSA) is 18.5 Å². The summed E-state index contributed by atoms with van der Waals surface area (Å²) in [6, 6.07) is 0. The average molecular weight is 234 g/mol. The molecule has 0 aliphatic heterocycles. The summed E-state index contributed by atoms with van der Waals surface area (Å²) >= 11 is 0. The number of hydrogen-bond donors (Lipinski definition) is 0. The zero-order valence-electron chi connectivity index (χ0n) is 10.8.